The molecule has 2 aromatic carbocycles. The first kappa shape index (κ1) is 13.0. The van der Waals surface area contributed by atoms with Gasteiger partial charge in [0, 0.05) is 16.1 Å². The third kappa shape index (κ3) is 2.26. The normalized spacial score (nSPS) is 15.3. The minimum absolute atomic E-state index is 0.0438. The number of phenols is 1. The van der Waals surface area contributed by atoms with Gasteiger partial charge in [0.1, 0.15) is 11.5 Å². The topological polar surface area (TPSA) is 46.5 Å². The van der Waals surface area contributed by atoms with E-state index in [0.29, 0.717) is 26.9 Å². The maximum absolute atomic E-state index is 12.1. The predicted octanol–water partition coefficient (Wildman–Crippen LogP) is 4.32. The smallest absolute Gasteiger partial charge is 0.231 e. The average Bonchev–Trinajstić information content (AvgIpc) is 2.69. The number of aromatic hydroxyl groups is 1. The van der Waals surface area contributed by atoms with Crippen LogP contribution in [0.4, 0.5) is 0 Å². The first-order valence-electron chi connectivity index (χ1n) is 5.77. The van der Waals surface area contributed by atoms with Crippen LogP contribution in [0.5, 0.6) is 11.5 Å². The highest BCUT2D eigenvalue weighted by molar-refractivity contribution is 6.35. The number of ether oxygens (including phenoxy) is 1. The van der Waals surface area contributed by atoms with Gasteiger partial charge in [-0.15, -0.1) is 0 Å². The monoisotopic (exact) mass is 306 g/mol. The van der Waals surface area contributed by atoms with Crippen molar-refractivity contribution in [3.63, 3.8) is 0 Å². The Balaban J connectivity index is 2.01. The molecule has 0 unspecified atom stereocenters. The Morgan fingerprint density at radius 2 is 1.90 bits per heavy atom. The summed E-state index contributed by atoms with van der Waals surface area (Å²) in [7, 11) is 0. The predicted molar refractivity (Wildman–Crippen MR) is 77.5 cm³/mol. The molecule has 0 aromatic heterocycles. The molecule has 1 heterocycles. The largest absolute Gasteiger partial charge is 0.508 e. The summed E-state index contributed by atoms with van der Waals surface area (Å²) < 4.78 is 5.45. The minimum Gasteiger partial charge on any atom is -0.508 e. The van der Waals surface area contributed by atoms with Gasteiger partial charge < -0.3 is 9.84 Å². The summed E-state index contributed by atoms with van der Waals surface area (Å²) in [4.78, 5) is 12.1. The number of hydrogen-bond acceptors (Lipinski definition) is 3. The van der Waals surface area contributed by atoms with Crippen molar-refractivity contribution in [2.45, 2.75) is 0 Å². The molecule has 100 valence electrons. The van der Waals surface area contributed by atoms with Gasteiger partial charge in [0.2, 0.25) is 5.78 Å². The van der Waals surface area contributed by atoms with E-state index < -0.39 is 0 Å². The summed E-state index contributed by atoms with van der Waals surface area (Å²) >= 11 is 11.9. The van der Waals surface area contributed by atoms with E-state index in [4.69, 9.17) is 27.9 Å². The molecule has 1 aliphatic rings. The number of fused-ring (bicyclic) bond motifs is 1. The van der Waals surface area contributed by atoms with Crippen molar-refractivity contribution < 1.29 is 14.6 Å². The molecular formula is C15H8Cl2O3. The van der Waals surface area contributed by atoms with Gasteiger partial charge in [0.25, 0.3) is 0 Å². The van der Waals surface area contributed by atoms with Crippen molar-refractivity contribution in [3.8, 4) is 11.5 Å². The fraction of sp³-hybridized carbons (Fsp3) is 0. The highest BCUT2D eigenvalue weighted by Crippen LogP contribution is 2.35. The molecule has 5 heteroatoms. The molecule has 20 heavy (non-hydrogen) atoms. The number of Topliss-reactive ketones (excluding diaryl/α,β-unsaturated/α-hetero) is 1. The van der Waals surface area contributed by atoms with Gasteiger partial charge in [-0.3, -0.25) is 4.79 Å². The molecule has 0 fully saturated rings. The van der Waals surface area contributed by atoms with Gasteiger partial charge >= 0.3 is 0 Å². The van der Waals surface area contributed by atoms with E-state index in [1.807, 2.05) is 0 Å². The molecule has 0 saturated carbocycles. The minimum atomic E-state index is -0.244. The number of carbonyl (C=O) groups excluding carboxylic acids is 1. The molecular weight excluding hydrogens is 299 g/mol. The van der Waals surface area contributed by atoms with E-state index in [0.717, 1.165) is 0 Å². The van der Waals surface area contributed by atoms with Gasteiger partial charge in [-0.1, -0.05) is 29.3 Å². The molecule has 0 atom stereocenters. The second-order valence-corrected chi connectivity index (χ2v) is 5.13. The Morgan fingerprint density at radius 1 is 1.10 bits per heavy atom. The molecule has 0 spiro atoms. The quantitative estimate of drug-likeness (QED) is 0.798. The summed E-state index contributed by atoms with van der Waals surface area (Å²) in [6.45, 7) is 0. The first-order chi connectivity index (χ1) is 9.54. The van der Waals surface area contributed by atoms with E-state index in [-0.39, 0.29) is 17.3 Å². The zero-order valence-corrected chi connectivity index (χ0v) is 11.6. The SMILES string of the molecule is O=C1/C(=C/c2ccc(Cl)cc2Cl)Oc2cc(O)ccc21. The summed E-state index contributed by atoms with van der Waals surface area (Å²) in [6.07, 6.45) is 1.55. The summed E-state index contributed by atoms with van der Waals surface area (Å²) in [5, 5.41) is 10.3. The van der Waals surface area contributed by atoms with Crippen LogP contribution in [0, 0.1) is 0 Å². The molecule has 1 N–H and O–H groups in total. The van der Waals surface area contributed by atoms with Gasteiger partial charge in [-0.2, -0.15) is 0 Å². The Morgan fingerprint density at radius 3 is 2.65 bits per heavy atom. The number of allylic oxidation sites excluding steroid dienone is 1. The van der Waals surface area contributed by atoms with Crippen LogP contribution in [0.2, 0.25) is 10.0 Å². The number of ketones is 1. The maximum atomic E-state index is 12.1. The van der Waals surface area contributed by atoms with Crippen LogP contribution < -0.4 is 4.74 Å². The van der Waals surface area contributed by atoms with Gasteiger partial charge in [-0.05, 0) is 35.9 Å². The van der Waals surface area contributed by atoms with E-state index in [2.05, 4.69) is 0 Å². The lowest BCUT2D eigenvalue weighted by Crippen LogP contribution is -1.98. The van der Waals surface area contributed by atoms with Crippen LogP contribution in [-0.4, -0.2) is 10.9 Å². The second kappa shape index (κ2) is 4.85. The Kier molecular flexibility index (Phi) is 3.16. The molecule has 0 bridgehead atoms. The van der Waals surface area contributed by atoms with Crippen molar-refractivity contribution in [2.75, 3.05) is 0 Å². The zero-order valence-electron chi connectivity index (χ0n) is 10.1. The van der Waals surface area contributed by atoms with Crippen molar-refractivity contribution in [1.82, 2.24) is 0 Å². The average molecular weight is 307 g/mol. The molecule has 3 rings (SSSR count). The third-order valence-electron chi connectivity index (χ3n) is 2.90. The summed E-state index contributed by atoms with van der Waals surface area (Å²) in [5.41, 5.74) is 1.05. The van der Waals surface area contributed by atoms with Gasteiger partial charge in [0.15, 0.2) is 5.76 Å². The molecule has 0 saturated heterocycles. The van der Waals surface area contributed by atoms with E-state index >= 15 is 0 Å². The van der Waals surface area contributed by atoms with Crippen LogP contribution in [0.25, 0.3) is 6.08 Å². The molecule has 0 radical (unpaired) electrons. The number of rotatable bonds is 1. The lowest BCUT2D eigenvalue weighted by atomic mass is 10.1. The fourth-order valence-corrected chi connectivity index (χ4v) is 2.40. The number of carbonyl (C=O) groups is 1. The van der Waals surface area contributed by atoms with E-state index in [1.54, 1.807) is 24.3 Å². The highest BCUT2D eigenvalue weighted by Gasteiger charge is 2.27. The van der Waals surface area contributed by atoms with Crippen molar-refractivity contribution in [3.05, 3.63) is 63.3 Å². The number of benzene rings is 2. The summed E-state index contributed by atoms with van der Waals surface area (Å²) in [5.74, 6) is 0.300. The third-order valence-corrected chi connectivity index (χ3v) is 3.47. The van der Waals surface area contributed by atoms with Gasteiger partial charge in [0.05, 0.1) is 5.56 Å². The lowest BCUT2D eigenvalue weighted by Gasteiger charge is -2.01. The van der Waals surface area contributed by atoms with Crippen molar-refractivity contribution in [2.24, 2.45) is 0 Å². The Bertz CT molecular complexity index is 751. The van der Waals surface area contributed by atoms with Crippen molar-refractivity contribution in [1.29, 1.82) is 0 Å². The van der Waals surface area contributed by atoms with Crippen LogP contribution in [-0.2, 0) is 0 Å². The number of hydrogen-bond donors (Lipinski definition) is 1. The molecule has 3 nitrogen and oxygen atoms in total. The Labute approximate surface area is 125 Å². The number of phenolic OH excluding ortho intramolecular Hbond substituents is 1. The fourth-order valence-electron chi connectivity index (χ4n) is 1.94. The van der Waals surface area contributed by atoms with Crippen LogP contribution in [0.15, 0.2) is 42.2 Å². The Hall–Kier alpha value is -1.97. The molecule has 1 aliphatic heterocycles. The van der Waals surface area contributed by atoms with E-state index in [9.17, 15) is 9.90 Å². The second-order valence-electron chi connectivity index (χ2n) is 4.29. The summed E-state index contributed by atoms with van der Waals surface area (Å²) in [6, 6.07) is 9.34. The molecule has 2 aromatic rings. The van der Waals surface area contributed by atoms with Crippen LogP contribution in [0.1, 0.15) is 15.9 Å². The van der Waals surface area contributed by atoms with Crippen LogP contribution >= 0.6 is 23.2 Å². The standard InChI is InChI=1S/C15H8Cl2O3/c16-9-2-1-8(12(17)6-9)5-14-15(19)11-4-3-10(18)7-13(11)20-14/h1-7,18H/b14-5-. The zero-order chi connectivity index (χ0) is 14.3. The number of halogens is 2. The van der Waals surface area contributed by atoms with Gasteiger partial charge in [-0.25, -0.2) is 0 Å². The highest BCUT2D eigenvalue weighted by atomic mass is 35.5. The van der Waals surface area contributed by atoms with Crippen LogP contribution in [0.3, 0.4) is 0 Å². The first-order valence-corrected chi connectivity index (χ1v) is 6.52. The lowest BCUT2D eigenvalue weighted by molar-refractivity contribution is 0.101. The maximum Gasteiger partial charge on any atom is 0.231 e. The molecule has 0 aliphatic carbocycles. The molecule has 0 amide bonds. The van der Waals surface area contributed by atoms with E-state index in [1.165, 1.54) is 18.2 Å². The van der Waals surface area contributed by atoms with Crippen molar-refractivity contribution >= 4 is 35.1 Å².